The minimum atomic E-state index is -0.307. The number of rotatable bonds is 8. The van der Waals surface area contributed by atoms with Crippen molar-refractivity contribution in [2.24, 2.45) is 5.92 Å². The van der Waals surface area contributed by atoms with E-state index in [-0.39, 0.29) is 5.97 Å². The number of esters is 1. The molecule has 3 aromatic rings. The highest BCUT2D eigenvalue weighted by Gasteiger charge is 2.31. The number of hydrogen-bond donors (Lipinski definition) is 0. The lowest BCUT2D eigenvalue weighted by Crippen LogP contribution is -2.36. The monoisotopic (exact) mass is 505 g/mol. The van der Waals surface area contributed by atoms with Crippen LogP contribution >= 0.6 is 0 Å². The number of methoxy groups -OCH3 is 4. The second kappa shape index (κ2) is 11.2. The Bertz CT molecular complexity index is 1280. The van der Waals surface area contributed by atoms with E-state index in [1.54, 1.807) is 21.3 Å². The van der Waals surface area contributed by atoms with Crippen LogP contribution in [-0.4, -0.2) is 58.4 Å². The van der Waals surface area contributed by atoms with Gasteiger partial charge in [-0.3, -0.25) is 4.90 Å². The summed E-state index contributed by atoms with van der Waals surface area (Å²) in [6, 6.07) is 10.3. The largest absolute Gasteiger partial charge is 0.497 e. The molecule has 198 valence electrons. The molecule has 3 aromatic carbocycles. The second-order valence-corrected chi connectivity index (χ2v) is 10.5. The number of fused-ring (bicyclic) bond motifs is 3. The van der Waals surface area contributed by atoms with Gasteiger partial charge in [0.05, 0.1) is 34.0 Å². The van der Waals surface area contributed by atoms with Crippen LogP contribution < -0.4 is 14.2 Å². The number of carbonyl (C=O) groups is 1. The van der Waals surface area contributed by atoms with Crippen LogP contribution in [-0.2, 0) is 11.2 Å². The summed E-state index contributed by atoms with van der Waals surface area (Å²) in [7, 11) is 6.42. The summed E-state index contributed by atoms with van der Waals surface area (Å²) in [5.41, 5.74) is 1.67. The molecule has 0 N–H and O–H groups in total. The van der Waals surface area contributed by atoms with E-state index in [0.717, 1.165) is 64.7 Å². The van der Waals surface area contributed by atoms with Gasteiger partial charge in [0.1, 0.15) is 5.75 Å². The zero-order chi connectivity index (χ0) is 25.9. The van der Waals surface area contributed by atoms with Gasteiger partial charge in [0.15, 0.2) is 11.5 Å². The molecule has 0 bridgehead atoms. The number of nitrogens with zero attached hydrogens (tertiary/aromatic N) is 1. The lowest BCUT2D eigenvalue weighted by atomic mass is 9.86. The fourth-order valence-electron chi connectivity index (χ4n) is 6.59. The fourth-order valence-corrected chi connectivity index (χ4v) is 6.59. The summed E-state index contributed by atoms with van der Waals surface area (Å²) in [5, 5.41) is 3.83. The Morgan fingerprint density at radius 3 is 2.19 bits per heavy atom. The molecule has 1 heterocycles. The van der Waals surface area contributed by atoms with E-state index >= 15 is 0 Å². The predicted octanol–water partition coefficient (Wildman–Crippen LogP) is 6.39. The maximum Gasteiger partial charge on any atom is 0.338 e. The van der Waals surface area contributed by atoms with Gasteiger partial charge in [0, 0.05) is 12.6 Å². The van der Waals surface area contributed by atoms with E-state index < -0.39 is 0 Å². The lowest BCUT2D eigenvalue weighted by Gasteiger charge is -2.31. The molecular weight excluding hydrogens is 466 g/mol. The molecule has 2 aliphatic rings. The molecule has 1 atom stereocenters. The topological polar surface area (TPSA) is 57.2 Å². The first-order chi connectivity index (χ1) is 18.1. The molecule has 0 amide bonds. The van der Waals surface area contributed by atoms with E-state index in [1.165, 1.54) is 45.6 Å². The lowest BCUT2D eigenvalue weighted by molar-refractivity contribution is 0.0601. The molecular formula is C31H39NO5. The maximum atomic E-state index is 13.4. The van der Waals surface area contributed by atoms with Crippen LogP contribution in [0.25, 0.3) is 21.5 Å². The number of likely N-dealkylation sites (tertiary alicyclic amines) is 1. The van der Waals surface area contributed by atoms with Crippen molar-refractivity contribution in [2.75, 3.05) is 41.5 Å². The Balaban J connectivity index is 1.68. The van der Waals surface area contributed by atoms with Crippen molar-refractivity contribution in [2.45, 2.75) is 57.4 Å². The minimum absolute atomic E-state index is 0.307. The Kier molecular flexibility index (Phi) is 7.75. The van der Waals surface area contributed by atoms with E-state index in [4.69, 9.17) is 18.9 Å². The SMILES string of the molecule is COC(=O)c1c(CC2CCCN2CC2CCCCC2)c2cc(OC)c(OC)cc2c2cc(OC)ccc12. The van der Waals surface area contributed by atoms with Crippen molar-refractivity contribution in [1.29, 1.82) is 0 Å². The smallest absolute Gasteiger partial charge is 0.338 e. The standard InChI is InChI=1S/C31H39NO5/c1-34-22-12-13-23-24(16-22)25-17-28(35-2)29(36-3)18-26(25)27(30(23)31(33)37-4)15-21-11-8-14-32(21)19-20-9-6-5-7-10-20/h12-13,16-18,20-21H,5-11,14-15,19H2,1-4H3. The van der Waals surface area contributed by atoms with Gasteiger partial charge < -0.3 is 18.9 Å². The maximum absolute atomic E-state index is 13.4. The van der Waals surface area contributed by atoms with Gasteiger partial charge in [-0.05, 0) is 102 Å². The third-order valence-electron chi connectivity index (χ3n) is 8.48. The van der Waals surface area contributed by atoms with Crippen LogP contribution in [0, 0.1) is 5.92 Å². The molecule has 1 saturated heterocycles. The molecule has 0 radical (unpaired) electrons. The highest BCUT2D eigenvalue weighted by Crippen LogP contribution is 2.42. The molecule has 0 aromatic heterocycles. The molecule has 5 rings (SSSR count). The van der Waals surface area contributed by atoms with Crippen LogP contribution in [0.3, 0.4) is 0 Å². The van der Waals surface area contributed by atoms with Crippen molar-refractivity contribution in [3.8, 4) is 17.2 Å². The molecule has 0 spiro atoms. The minimum Gasteiger partial charge on any atom is -0.497 e. The van der Waals surface area contributed by atoms with Crippen LogP contribution in [0.4, 0.5) is 0 Å². The summed E-state index contributed by atoms with van der Waals surface area (Å²) in [6.07, 6.45) is 9.91. The van der Waals surface area contributed by atoms with Gasteiger partial charge in [-0.25, -0.2) is 4.79 Å². The molecule has 1 unspecified atom stereocenters. The fraction of sp³-hybridized carbons (Fsp3) is 0.516. The predicted molar refractivity (Wildman–Crippen MR) is 147 cm³/mol. The van der Waals surface area contributed by atoms with Gasteiger partial charge in [0.25, 0.3) is 0 Å². The zero-order valence-electron chi connectivity index (χ0n) is 22.6. The first-order valence-corrected chi connectivity index (χ1v) is 13.6. The average molecular weight is 506 g/mol. The van der Waals surface area contributed by atoms with Crippen molar-refractivity contribution in [3.63, 3.8) is 0 Å². The molecule has 1 aliphatic carbocycles. The molecule has 6 nitrogen and oxygen atoms in total. The van der Waals surface area contributed by atoms with Gasteiger partial charge >= 0.3 is 5.97 Å². The molecule has 37 heavy (non-hydrogen) atoms. The first-order valence-electron chi connectivity index (χ1n) is 13.6. The van der Waals surface area contributed by atoms with Gasteiger partial charge in [-0.15, -0.1) is 0 Å². The number of carbonyl (C=O) groups excluding carboxylic acids is 1. The van der Waals surface area contributed by atoms with E-state index in [9.17, 15) is 4.79 Å². The Morgan fingerprint density at radius 2 is 1.51 bits per heavy atom. The van der Waals surface area contributed by atoms with Crippen molar-refractivity contribution >= 4 is 27.5 Å². The van der Waals surface area contributed by atoms with Crippen LogP contribution in [0.5, 0.6) is 17.2 Å². The van der Waals surface area contributed by atoms with Gasteiger partial charge in [-0.1, -0.05) is 19.3 Å². The Morgan fingerprint density at radius 1 is 0.811 bits per heavy atom. The van der Waals surface area contributed by atoms with Crippen molar-refractivity contribution < 1.29 is 23.7 Å². The summed E-state index contributed by atoms with van der Waals surface area (Å²) in [4.78, 5) is 16.1. The highest BCUT2D eigenvalue weighted by molar-refractivity contribution is 6.19. The van der Waals surface area contributed by atoms with E-state index in [2.05, 4.69) is 4.90 Å². The van der Waals surface area contributed by atoms with E-state index in [1.807, 2.05) is 30.3 Å². The highest BCUT2D eigenvalue weighted by atomic mass is 16.5. The number of ether oxygens (including phenoxy) is 4. The quantitative estimate of drug-likeness (QED) is 0.261. The van der Waals surface area contributed by atoms with Crippen molar-refractivity contribution in [1.82, 2.24) is 4.90 Å². The zero-order valence-corrected chi connectivity index (χ0v) is 22.6. The third-order valence-corrected chi connectivity index (χ3v) is 8.48. The van der Waals surface area contributed by atoms with Crippen LogP contribution in [0.1, 0.15) is 60.9 Å². The van der Waals surface area contributed by atoms with Crippen LogP contribution in [0.15, 0.2) is 30.3 Å². The Labute approximate surface area is 219 Å². The van der Waals surface area contributed by atoms with Crippen LogP contribution in [0.2, 0.25) is 0 Å². The molecule has 6 heteroatoms. The van der Waals surface area contributed by atoms with Crippen molar-refractivity contribution in [3.05, 3.63) is 41.5 Å². The molecule has 2 fully saturated rings. The summed E-state index contributed by atoms with van der Waals surface area (Å²) in [6.45, 7) is 2.30. The molecule has 1 aliphatic heterocycles. The summed E-state index contributed by atoms with van der Waals surface area (Å²) in [5.74, 6) is 2.54. The van der Waals surface area contributed by atoms with Gasteiger partial charge in [0.2, 0.25) is 0 Å². The van der Waals surface area contributed by atoms with Gasteiger partial charge in [-0.2, -0.15) is 0 Å². The van der Waals surface area contributed by atoms with E-state index in [0.29, 0.717) is 23.1 Å². The summed E-state index contributed by atoms with van der Waals surface area (Å²) < 4.78 is 22.3. The average Bonchev–Trinajstić information content (AvgIpc) is 3.38. The Hall–Kier alpha value is -2.99. The number of hydrogen-bond acceptors (Lipinski definition) is 6. The molecule has 1 saturated carbocycles. The normalized spacial score (nSPS) is 18.9. The third kappa shape index (κ3) is 4.96. The first kappa shape index (κ1) is 25.7. The number of benzene rings is 3. The second-order valence-electron chi connectivity index (χ2n) is 10.5. The summed E-state index contributed by atoms with van der Waals surface area (Å²) >= 11 is 0.